The van der Waals surface area contributed by atoms with Crippen molar-refractivity contribution in [2.24, 2.45) is 22.1 Å². The summed E-state index contributed by atoms with van der Waals surface area (Å²) in [7, 11) is 0. The maximum Gasteiger partial charge on any atom is 0.194 e. The topological polar surface area (TPSA) is 63.3 Å². The van der Waals surface area contributed by atoms with E-state index >= 15 is 0 Å². The van der Waals surface area contributed by atoms with Crippen LogP contribution < -0.4 is 11.1 Å². The van der Waals surface area contributed by atoms with Crippen LogP contribution in [0, 0.1) is 11.3 Å². The number of hydrogen-bond acceptors (Lipinski definition) is 2. The van der Waals surface area contributed by atoms with Gasteiger partial charge in [-0.15, -0.1) is 0 Å². The minimum absolute atomic E-state index is 0.399. The van der Waals surface area contributed by atoms with Crippen LogP contribution in [0.3, 0.4) is 0 Å². The van der Waals surface area contributed by atoms with E-state index in [4.69, 9.17) is 5.73 Å². The van der Waals surface area contributed by atoms with Crippen LogP contribution in [0.25, 0.3) is 0 Å². The normalized spacial score (nSPS) is 18.2. The van der Waals surface area contributed by atoms with E-state index in [9.17, 15) is 0 Å². The Morgan fingerprint density at radius 2 is 2.29 bits per heavy atom. The highest BCUT2D eigenvalue weighted by Gasteiger charge is 2.45. The molecule has 4 nitrogen and oxygen atoms in total. The molecule has 0 amide bonds. The molecule has 0 aliphatic heterocycles. The number of anilines is 1. The van der Waals surface area contributed by atoms with Crippen LogP contribution in [0.2, 0.25) is 0 Å². The molecule has 3 N–H and O–H groups in total. The van der Waals surface area contributed by atoms with Crippen molar-refractivity contribution in [1.82, 2.24) is 4.98 Å². The summed E-state index contributed by atoms with van der Waals surface area (Å²) in [5.41, 5.74) is 6.24. The third-order valence-electron chi connectivity index (χ3n) is 3.60. The van der Waals surface area contributed by atoms with Crippen LogP contribution in [-0.2, 0) is 0 Å². The Hall–Kier alpha value is -1.58. The van der Waals surface area contributed by atoms with Crippen LogP contribution in [0.1, 0.15) is 26.7 Å². The predicted molar refractivity (Wildman–Crippen MR) is 70.9 cm³/mol. The van der Waals surface area contributed by atoms with Gasteiger partial charge in [0.05, 0.1) is 0 Å². The summed E-state index contributed by atoms with van der Waals surface area (Å²) in [6.07, 6.45) is 4.27. The number of pyridine rings is 1. The minimum atomic E-state index is 0.399. The molecule has 1 aliphatic rings. The van der Waals surface area contributed by atoms with E-state index in [0.29, 0.717) is 17.3 Å². The molecule has 1 aromatic rings. The summed E-state index contributed by atoms with van der Waals surface area (Å²) in [4.78, 5) is 8.56. The van der Waals surface area contributed by atoms with Crippen molar-refractivity contribution in [3.05, 3.63) is 24.4 Å². The maximum atomic E-state index is 5.84. The van der Waals surface area contributed by atoms with E-state index in [1.165, 1.54) is 12.8 Å². The number of guanidine groups is 1. The number of hydrogen-bond donors (Lipinski definition) is 2. The summed E-state index contributed by atoms with van der Waals surface area (Å²) in [6, 6.07) is 5.66. The first-order valence-electron chi connectivity index (χ1n) is 6.10. The van der Waals surface area contributed by atoms with E-state index in [1.54, 1.807) is 6.20 Å². The molecular formula is C13H20N4. The summed E-state index contributed by atoms with van der Waals surface area (Å²) in [5, 5.41) is 3.00. The van der Waals surface area contributed by atoms with E-state index in [2.05, 4.69) is 29.1 Å². The second-order valence-corrected chi connectivity index (χ2v) is 5.06. The van der Waals surface area contributed by atoms with Gasteiger partial charge in [0.15, 0.2) is 5.96 Å². The maximum absolute atomic E-state index is 5.84. The van der Waals surface area contributed by atoms with Crippen molar-refractivity contribution in [3.63, 3.8) is 0 Å². The van der Waals surface area contributed by atoms with E-state index in [0.717, 1.165) is 12.4 Å². The molecule has 1 heterocycles. The van der Waals surface area contributed by atoms with Crippen molar-refractivity contribution in [3.8, 4) is 0 Å². The first-order valence-corrected chi connectivity index (χ1v) is 6.10. The zero-order valence-electron chi connectivity index (χ0n) is 10.5. The second-order valence-electron chi connectivity index (χ2n) is 5.06. The van der Waals surface area contributed by atoms with Crippen molar-refractivity contribution in [1.29, 1.82) is 0 Å². The third kappa shape index (κ3) is 2.96. The minimum Gasteiger partial charge on any atom is -0.370 e. The first-order chi connectivity index (χ1) is 8.12. The highest BCUT2D eigenvalue weighted by molar-refractivity contribution is 5.91. The molecule has 0 spiro atoms. The standard InChI is InChI=1S/C13H20N4/c1-10(2)13(6-7-13)9-16-12(14)17-11-5-3-4-8-15-11/h3-5,8,10H,6-7,9H2,1-2H3,(H3,14,15,16,17). The predicted octanol–water partition coefficient (Wildman–Crippen LogP) is 2.24. The lowest BCUT2D eigenvalue weighted by Gasteiger charge is -2.17. The molecule has 1 saturated carbocycles. The van der Waals surface area contributed by atoms with Crippen LogP contribution in [0.4, 0.5) is 5.82 Å². The molecule has 2 rings (SSSR count). The second kappa shape index (κ2) is 4.73. The van der Waals surface area contributed by atoms with Crippen molar-refractivity contribution in [2.45, 2.75) is 26.7 Å². The highest BCUT2D eigenvalue weighted by atomic mass is 15.1. The third-order valence-corrected chi connectivity index (χ3v) is 3.60. The van der Waals surface area contributed by atoms with E-state index in [-0.39, 0.29) is 0 Å². The largest absolute Gasteiger partial charge is 0.370 e. The summed E-state index contributed by atoms with van der Waals surface area (Å²) < 4.78 is 0. The van der Waals surface area contributed by atoms with Gasteiger partial charge >= 0.3 is 0 Å². The van der Waals surface area contributed by atoms with Gasteiger partial charge in [0.2, 0.25) is 0 Å². The lowest BCUT2D eigenvalue weighted by Crippen LogP contribution is -2.25. The fraction of sp³-hybridized carbons (Fsp3) is 0.538. The number of aliphatic imine (C=N–C) groups is 1. The van der Waals surface area contributed by atoms with E-state index < -0.39 is 0 Å². The molecule has 4 heteroatoms. The Kier molecular flexibility index (Phi) is 3.31. The van der Waals surface area contributed by atoms with Gasteiger partial charge in [-0.05, 0) is 36.3 Å². The smallest absolute Gasteiger partial charge is 0.194 e. The van der Waals surface area contributed by atoms with Crippen LogP contribution >= 0.6 is 0 Å². The molecule has 1 aromatic heterocycles. The zero-order valence-corrected chi connectivity index (χ0v) is 10.5. The Labute approximate surface area is 102 Å². The molecule has 17 heavy (non-hydrogen) atoms. The molecule has 1 fully saturated rings. The number of nitrogens with two attached hydrogens (primary N) is 1. The Balaban J connectivity index is 1.90. The Bertz CT molecular complexity index is 393. The van der Waals surface area contributed by atoms with Gasteiger partial charge in [0.25, 0.3) is 0 Å². The molecule has 0 saturated heterocycles. The molecule has 0 aromatic carbocycles. The number of nitrogens with zero attached hydrogens (tertiary/aromatic N) is 2. The number of rotatable bonds is 4. The molecule has 0 bridgehead atoms. The fourth-order valence-electron chi connectivity index (χ4n) is 1.93. The average Bonchev–Trinajstić information content (AvgIpc) is 3.09. The van der Waals surface area contributed by atoms with Gasteiger partial charge < -0.3 is 11.1 Å². The van der Waals surface area contributed by atoms with E-state index in [1.807, 2.05) is 18.2 Å². The molecule has 0 atom stereocenters. The lowest BCUT2D eigenvalue weighted by molar-refractivity contribution is 0.371. The highest BCUT2D eigenvalue weighted by Crippen LogP contribution is 2.51. The fourth-order valence-corrected chi connectivity index (χ4v) is 1.93. The van der Waals surface area contributed by atoms with Gasteiger partial charge in [-0.25, -0.2) is 4.98 Å². The van der Waals surface area contributed by atoms with Gasteiger partial charge in [-0.2, -0.15) is 0 Å². The average molecular weight is 232 g/mol. The summed E-state index contributed by atoms with van der Waals surface area (Å²) >= 11 is 0. The first kappa shape index (κ1) is 11.9. The van der Waals surface area contributed by atoms with Crippen molar-refractivity contribution in [2.75, 3.05) is 11.9 Å². The Morgan fingerprint density at radius 3 is 2.82 bits per heavy atom. The monoisotopic (exact) mass is 232 g/mol. The quantitative estimate of drug-likeness (QED) is 0.618. The van der Waals surface area contributed by atoms with Crippen molar-refractivity contribution < 1.29 is 0 Å². The number of aromatic nitrogens is 1. The van der Waals surface area contributed by atoms with Gasteiger partial charge in [0.1, 0.15) is 5.82 Å². The zero-order chi connectivity index (χ0) is 12.3. The number of nitrogens with one attached hydrogen (secondary N) is 1. The summed E-state index contributed by atoms with van der Waals surface area (Å²) in [6.45, 7) is 5.33. The lowest BCUT2D eigenvalue weighted by atomic mass is 9.93. The molecule has 1 aliphatic carbocycles. The molecule has 92 valence electrons. The van der Waals surface area contributed by atoms with Gasteiger partial charge in [0, 0.05) is 12.7 Å². The van der Waals surface area contributed by atoms with Crippen LogP contribution in [0.5, 0.6) is 0 Å². The van der Waals surface area contributed by atoms with Gasteiger partial charge in [-0.3, -0.25) is 4.99 Å². The van der Waals surface area contributed by atoms with Crippen LogP contribution in [0.15, 0.2) is 29.4 Å². The summed E-state index contributed by atoms with van der Waals surface area (Å²) in [5.74, 6) is 1.87. The SMILES string of the molecule is CC(C)C1(CN=C(N)Nc2ccccn2)CC1. The van der Waals surface area contributed by atoms with Gasteiger partial charge in [-0.1, -0.05) is 19.9 Å². The molecule has 0 unspecified atom stereocenters. The van der Waals surface area contributed by atoms with Crippen molar-refractivity contribution >= 4 is 11.8 Å². The molecular weight excluding hydrogens is 212 g/mol. The van der Waals surface area contributed by atoms with Crippen LogP contribution in [-0.4, -0.2) is 17.5 Å². The Morgan fingerprint density at radius 1 is 1.53 bits per heavy atom. The molecule has 0 radical (unpaired) electrons.